The highest BCUT2D eigenvalue weighted by Crippen LogP contribution is 2.24. The van der Waals surface area contributed by atoms with Crippen molar-refractivity contribution in [3.63, 3.8) is 0 Å². The molecule has 0 aliphatic heterocycles. The molecule has 2 aromatic carbocycles. The molecule has 7 heteroatoms. The number of para-hydroxylation sites is 2. The average Bonchev–Trinajstić information content (AvgIpc) is 3.16. The summed E-state index contributed by atoms with van der Waals surface area (Å²) < 4.78 is 16.1. The second-order valence-corrected chi connectivity index (χ2v) is 5.88. The predicted octanol–water partition coefficient (Wildman–Crippen LogP) is 3.62. The van der Waals surface area contributed by atoms with Crippen molar-refractivity contribution in [2.24, 2.45) is 0 Å². The number of hydrogen-bond donors (Lipinski definition) is 0. The van der Waals surface area contributed by atoms with Crippen LogP contribution in [0.25, 0.3) is 44.8 Å². The van der Waals surface area contributed by atoms with Crippen molar-refractivity contribution in [1.82, 2.24) is 10.2 Å². The highest BCUT2D eigenvalue weighted by molar-refractivity contribution is 5.81. The van der Waals surface area contributed by atoms with Gasteiger partial charge in [-0.25, -0.2) is 9.59 Å². The van der Waals surface area contributed by atoms with Crippen molar-refractivity contribution < 1.29 is 13.3 Å². The van der Waals surface area contributed by atoms with E-state index in [0.29, 0.717) is 11.2 Å². The normalized spacial score (nSPS) is 11.3. The Labute approximate surface area is 150 Å². The molecule has 0 saturated carbocycles. The summed E-state index contributed by atoms with van der Waals surface area (Å²) in [4.78, 5) is 24.5. The standard InChI is InChI=1S/C20H10N2O5/c23-19-13(9-11-5-1-3-7-15(11)25-19)17-21-22-18(27-17)14-10-12-6-2-4-8-16(12)26-20(14)24/h1-10H. The van der Waals surface area contributed by atoms with Crippen molar-refractivity contribution in [3.8, 4) is 22.9 Å². The molecule has 0 atom stereocenters. The van der Waals surface area contributed by atoms with Gasteiger partial charge in [0.1, 0.15) is 22.3 Å². The monoisotopic (exact) mass is 358 g/mol. The number of rotatable bonds is 2. The second-order valence-electron chi connectivity index (χ2n) is 5.88. The quantitative estimate of drug-likeness (QED) is 0.444. The fourth-order valence-corrected chi connectivity index (χ4v) is 2.86. The first kappa shape index (κ1) is 15.3. The molecule has 130 valence electrons. The number of benzene rings is 2. The van der Waals surface area contributed by atoms with Crippen LogP contribution in [0.15, 0.2) is 83.5 Å². The van der Waals surface area contributed by atoms with Gasteiger partial charge in [0, 0.05) is 10.8 Å². The maximum Gasteiger partial charge on any atom is 0.349 e. The first-order valence-corrected chi connectivity index (χ1v) is 8.09. The molecule has 27 heavy (non-hydrogen) atoms. The van der Waals surface area contributed by atoms with Gasteiger partial charge >= 0.3 is 11.3 Å². The summed E-state index contributed by atoms with van der Waals surface area (Å²) in [5.74, 6) is -0.0610. The first-order valence-electron chi connectivity index (χ1n) is 8.09. The third-order valence-electron chi connectivity index (χ3n) is 4.17. The second kappa shape index (κ2) is 5.77. The van der Waals surface area contributed by atoms with Gasteiger partial charge in [-0.1, -0.05) is 36.4 Å². The molecule has 0 spiro atoms. The van der Waals surface area contributed by atoms with Crippen LogP contribution in [0.3, 0.4) is 0 Å². The van der Waals surface area contributed by atoms with E-state index >= 15 is 0 Å². The van der Waals surface area contributed by atoms with Gasteiger partial charge in [0.2, 0.25) is 0 Å². The molecule has 0 N–H and O–H groups in total. The zero-order chi connectivity index (χ0) is 18.4. The fraction of sp³-hybridized carbons (Fsp3) is 0. The summed E-state index contributed by atoms with van der Waals surface area (Å²) in [5.41, 5.74) is -0.0403. The first-order chi connectivity index (χ1) is 13.2. The topological polar surface area (TPSA) is 99.3 Å². The molecule has 0 saturated heterocycles. The smallest absolute Gasteiger partial charge is 0.349 e. The van der Waals surface area contributed by atoms with Crippen LogP contribution in [-0.4, -0.2) is 10.2 Å². The summed E-state index contributed by atoms with van der Waals surface area (Å²) in [6.07, 6.45) is 0. The van der Waals surface area contributed by atoms with Gasteiger partial charge in [-0.05, 0) is 24.3 Å². The molecule has 5 rings (SSSR count). The largest absolute Gasteiger partial charge is 0.422 e. The van der Waals surface area contributed by atoms with Crippen LogP contribution in [0, 0.1) is 0 Å². The Kier molecular flexibility index (Phi) is 3.26. The van der Waals surface area contributed by atoms with Crippen molar-refractivity contribution >= 4 is 21.9 Å². The van der Waals surface area contributed by atoms with E-state index in [2.05, 4.69) is 10.2 Å². The van der Waals surface area contributed by atoms with Crippen molar-refractivity contribution in [2.45, 2.75) is 0 Å². The molecule has 0 fully saturated rings. The molecule has 3 aromatic heterocycles. The minimum atomic E-state index is -0.602. The number of hydrogen-bond acceptors (Lipinski definition) is 7. The Morgan fingerprint density at radius 2 is 1.04 bits per heavy atom. The third kappa shape index (κ3) is 2.53. The summed E-state index contributed by atoms with van der Waals surface area (Å²) in [6, 6.07) is 17.4. The summed E-state index contributed by atoms with van der Waals surface area (Å²) in [7, 11) is 0. The lowest BCUT2D eigenvalue weighted by Crippen LogP contribution is -2.03. The Morgan fingerprint density at radius 3 is 1.52 bits per heavy atom. The van der Waals surface area contributed by atoms with Crippen molar-refractivity contribution in [3.05, 3.63) is 81.5 Å². The predicted molar refractivity (Wildman–Crippen MR) is 97.3 cm³/mol. The van der Waals surface area contributed by atoms with E-state index in [1.165, 1.54) is 0 Å². The maximum atomic E-state index is 12.2. The minimum absolute atomic E-state index is 0.0305. The van der Waals surface area contributed by atoms with Gasteiger partial charge in [-0.2, -0.15) is 0 Å². The molecular weight excluding hydrogens is 348 g/mol. The van der Waals surface area contributed by atoms with E-state index in [0.717, 1.165) is 10.8 Å². The SMILES string of the molecule is O=c1oc2ccccc2cc1-c1nnc(-c2cc3ccccc3oc2=O)o1. The van der Waals surface area contributed by atoms with Gasteiger partial charge in [0.15, 0.2) is 0 Å². The number of nitrogens with zero attached hydrogens (tertiary/aromatic N) is 2. The van der Waals surface area contributed by atoms with E-state index in [1.807, 2.05) is 12.1 Å². The van der Waals surface area contributed by atoms with Gasteiger partial charge < -0.3 is 13.3 Å². The molecule has 5 aromatic rings. The van der Waals surface area contributed by atoms with E-state index in [4.69, 9.17) is 13.3 Å². The van der Waals surface area contributed by atoms with Gasteiger partial charge in [-0.15, -0.1) is 10.2 Å². The highest BCUT2D eigenvalue weighted by Gasteiger charge is 2.18. The lowest BCUT2D eigenvalue weighted by molar-refractivity contribution is 0.538. The average molecular weight is 358 g/mol. The molecule has 0 radical (unpaired) electrons. The van der Waals surface area contributed by atoms with Crippen LogP contribution in [0.2, 0.25) is 0 Å². The molecule has 0 aliphatic carbocycles. The Balaban J connectivity index is 1.65. The Hall–Kier alpha value is -4.00. The van der Waals surface area contributed by atoms with Crippen molar-refractivity contribution in [1.29, 1.82) is 0 Å². The molecule has 0 bridgehead atoms. The van der Waals surface area contributed by atoms with Crippen LogP contribution in [0.4, 0.5) is 0 Å². The van der Waals surface area contributed by atoms with E-state index in [-0.39, 0.29) is 22.9 Å². The molecule has 7 nitrogen and oxygen atoms in total. The van der Waals surface area contributed by atoms with E-state index in [1.54, 1.807) is 48.5 Å². The molecule has 0 amide bonds. The Morgan fingerprint density at radius 1 is 0.593 bits per heavy atom. The number of aromatic nitrogens is 2. The lowest BCUT2D eigenvalue weighted by atomic mass is 10.2. The molecule has 0 aliphatic rings. The molecule has 3 heterocycles. The fourth-order valence-electron chi connectivity index (χ4n) is 2.86. The van der Waals surface area contributed by atoms with E-state index in [9.17, 15) is 9.59 Å². The zero-order valence-corrected chi connectivity index (χ0v) is 13.7. The maximum absolute atomic E-state index is 12.2. The van der Waals surface area contributed by atoms with Crippen LogP contribution in [0.1, 0.15) is 0 Å². The Bertz CT molecular complexity index is 1320. The van der Waals surface area contributed by atoms with Gasteiger partial charge in [-0.3, -0.25) is 0 Å². The number of fused-ring (bicyclic) bond motifs is 2. The molecule has 0 unspecified atom stereocenters. The summed E-state index contributed by atoms with van der Waals surface area (Å²) in [5, 5.41) is 9.23. The minimum Gasteiger partial charge on any atom is -0.422 e. The van der Waals surface area contributed by atoms with Gasteiger partial charge in [0.05, 0.1) is 0 Å². The van der Waals surface area contributed by atoms with Crippen LogP contribution >= 0.6 is 0 Å². The van der Waals surface area contributed by atoms with Crippen LogP contribution in [-0.2, 0) is 0 Å². The van der Waals surface area contributed by atoms with Crippen molar-refractivity contribution in [2.75, 3.05) is 0 Å². The highest BCUT2D eigenvalue weighted by atomic mass is 16.4. The summed E-state index contributed by atoms with van der Waals surface area (Å²) in [6.45, 7) is 0. The van der Waals surface area contributed by atoms with Crippen LogP contribution in [0.5, 0.6) is 0 Å². The third-order valence-corrected chi connectivity index (χ3v) is 4.17. The lowest BCUT2D eigenvalue weighted by Gasteiger charge is -1.99. The molecular formula is C20H10N2O5. The zero-order valence-electron chi connectivity index (χ0n) is 13.7. The van der Waals surface area contributed by atoms with Gasteiger partial charge in [0.25, 0.3) is 11.8 Å². The summed E-state index contributed by atoms with van der Waals surface area (Å²) >= 11 is 0. The van der Waals surface area contributed by atoms with E-state index < -0.39 is 11.3 Å². The van der Waals surface area contributed by atoms with Crippen LogP contribution < -0.4 is 11.3 Å².